The number of hydrogen-bond acceptors (Lipinski definition) is 2. The lowest BCUT2D eigenvalue weighted by atomic mass is 9.78. The number of hydrogen-bond donors (Lipinski definition) is 2. The van der Waals surface area contributed by atoms with E-state index in [1.54, 1.807) is 18.2 Å². The molecular formula is C19H17ClF3NO3. The van der Waals surface area contributed by atoms with E-state index in [-0.39, 0.29) is 11.6 Å². The van der Waals surface area contributed by atoms with Crippen molar-refractivity contribution in [2.24, 2.45) is 5.41 Å². The Labute approximate surface area is 158 Å². The van der Waals surface area contributed by atoms with Gasteiger partial charge in [-0.15, -0.1) is 0 Å². The number of benzene rings is 2. The first-order valence-electron chi connectivity index (χ1n) is 8.12. The van der Waals surface area contributed by atoms with Gasteiger partial charge in [-0.05, 0) is 23.8 Å². The molecule has 0 aliphatic carbocycles. The minimum atomic E-state index is -4.47. The number of carboxylic acid groups (broad SMARTS) is 1. The van der Waals surface area contributed by atoms with E-state index in [4.69, 9.17) is 21.4 Å². The Morgan fingerprint density at radius 1 is 1.26 bits per heavy atom. The number of amides is 1. The number of nitrogens with one attached hydrogen (secondary N) is 1. The smallest absolute Gasteiger partial charge is 0.416 e. The summed E-state index contributed by atoms with van der Waals surface area (Å²) in [5.74, 6) is 0.474. The standard InChI is InChI=1S/C19H17ClF3NO3/c1-18(2)9-27-15-7-10(3-5-13(15)16(18)24-17(25)26)12-6-4-11(8-14(12)20)19(21,22)23/h3-8,16,24H,9H2,1-2H3,(H,25,26). The van der Waals surface area contributed by atoms with Gasteiger partial charge in [0.1, 0.15) is 5.75 Å². The molecule has 144 valence electrons. The van der Waals surface area contributed by atoms with Crippen molar-refractivity contribution in [1.29, 1.82) is 0 Å². The molecule has 0 spiro atoms. The summed E-state index contributed by atoms with van der Waals surface area (Å²) in [4.78, 5) is 11.1. The molecule has 0 fully saturated rings. The molecule has 0 saturated heterocycles. The average molecular weight is 400 g/mol. The van der Waals surface area contributed by atoms with Crippen molar-refractivity contribution in [3.05, 3.63) is 52.5 Å². The highest BCUT2D eigenvalue weighted by Crippen LogP contribution is 2.45. The van der Waals surface area contributed by atoms with Crippen LogP contribution in [0.15, 0.2) is 36.4 Å². The quantitative estimate of drug-likeness (QED) is 0.675. The highest BCUT2D eigenvalue weighted by atomic mass is 35.5. The fourth-order valence-corrected chi connectivity index (χ4v) is 3.45. The van der Waals surface area contributed by atoms with E-state index < -0.39 is 29.3 Å². The number of alkyl halides is 3. The first-order valence-corrected chi connectivity index (χ1v) is 8.50. The maximum absolute atomic E-state index is 12.8. The van der Waals surface area contributed by atoms with Crippen LogP contribution < -0.4 is 10.1 Å². The van der Waals surface area contributed by atoms with Gasteiger partial charge >= 0.3 is 12.3 Å². The zero-order chi connectivity index (χ0) is 20.0. The maximum Gasteiger partial charge on any atom is 0.416 e. The maximum atomic E-state index is 12.8. The van der Waals surface area contributed by atoms with E-state index in [2.05, 4.69) is 5.32 Å². The lowest BCUT2D eigenvalue weighted by Crippen LogP contribution is -2.43. The molecule has 1 atom stereocenters. The van der Waals surface area contributed by atoms with E-state index in [0.29, 0.717) is 22.4 Å². The first kappa shape index (κ1) is 19.4. The fourth-order valence-electron chi connectivity index (χ4n) is 3.16. The molecule has 8 heteroatoms. The van der Waals surface area contributed by atoms with Gasteiger partial charge in [-0.25, -0.2) is 4.79 Å². The van der Waals surface area contributed by atoms with Gasteiger partial charge in [-0.3, -0.25) is 0 Å². The van der Waals surface area contributed by atoms with Crippen LogP contribution in [0.1, 0.15) is 31.0 Å². The molecule has 4 nitrogen and oxygen atoms in total. The Hall–Kier alpha value is -2.41. The van der Waals surface area contributed by atoms with E-state index >= 15 is 0 Å². The normalized spacial score (nSPS) is 18.4. The van der Waals surface area contributed by atoms with E-state index in [0.717, 1.165) is 12.1 Å². The third-order valence-electron chi connectivity index (χ3n) is 4.58. The van der Waals surface area contributed by atoms with Crippen LogP contribution in [0.2, 0.25) is 5.02 Å². The van der Waals surface area contributed by atoms with Crippen molar-refractivity contribution >= 4 is 17.7 Å². The van der Waals surface area contributed by atoms with Gasteiger partial charge in [0.25, 0.3) is 0 Å². The lowest BCUT2D eigenvalue weighted by molar-refractivity contribution is -0.137. The topological polar surface area (TPSA) is 58.6 Å². The van der Waals surface area contributed by atoms with Gasteiger partial charge in [0, 0.05) is 21.6 Å². The fraction of sp³-hybridized carbons (Fsp3) is 0.316. The van der Waals surface area contributed by atoms with Crippen molar-refractivity contribution in [3.63, 3.8) is 0 Å². The second kappa shape index (κ2) is 6.64. The third kappa shape index (κ3) is 3.83. The molecule has 2 aromatic carbocycles. The number of rotatable bonds is 2. The second-order valence-electron chi connectivity index (χ2n) is 7.10. The monoisotopic (exact) mass is 399 g/mol. The molecule has 1 aliphatic rings. The lowest BCUT2D eigenvalue weighted by Gasteiger charge is -2.39. The molecule has 2 N–H and O–H groups in total. The van der Waals surface area contributed by atoms with Crippen LogP contribution in [0.25, 0.3) is 11.1 Å². The number of halogens is 4. The van der Waals surface area contributed by atoms with Crippen LogP contribution in [-0.2, 0) is 6.18 Å². The minimum Gasteiger partial charge on any atom is -0.493 e. The molecule has 2 aromatic rings. The Morgan fingerprint density at radius 2 is 1.96 bits per heavy atom. The van der Waals surface area contributed by atoms with Gasteiger partial charge in [0.15, 0.2) is 0 Å². The third-order valence-corrected chi connectivity index (χ3v) is 4.89. The van der Waals surface area contributed by atoms with Crippen LogP contribution in [0.3, 0.4) is 0 Å². The molecule has 3 rings (SSSR count). The molecule has 0 aromatic heterocycles. The van der Waals surface area contributed by atoms with E-state index in [1.807, 2.05) is 13.8 Å². The summed E-state index contributed by atoms with van der Waals surface area (Å²) >= 11 is 6.07. The Bertz CT molecular complexity index is 896. The van der Waals surface area contributed by atoms with Crippen molar-refractivity contribution in [2.75, 3.05) is 6.61 Å². The van der Waals surface area contributed by atoms with Gasteiger partial charge in [0.05, 0.1) is 18.2 Å². The number of fused-ring (bicyclic) bond motifs is 1. The van der Waals surface area contributed by atoms with Crippen LogP contribution in [-0.4, -0.2) is 17.8 Å². The molecule has 0 bridgehead atoms. The first-order chi connectivity index (χ1) is 12.5. The second-order valence-corrected chi connectivity index (χ2v) is 7.51. The molecule has 1 amide bonds. The number of carbonyl (C=O) groups is 1. The van der Waals surface area contributed by atoms with Crippen molar-refractivity contribution in [3.8, 4) is 16.9 Å². The summed E-state index contributed by atoms with van der Waals surface area (Å²) < 4.78 is 44.2. The zero-order valence-corrected chi connectivity index (χ0v) is 15.3. The molecule has 0 saturated carbocycles. The van der Waals surface area contributed by atoms with Crippen molar-refractivity contribution in [2.45, 2.75) is 26.1 Å². The van der Waals surface area contributed by atoms with Gasteiger partial charge in [-0.1, -0.05) is 43.6 Å². The van der Waals surface area contributed by atoms with Crippen LogP contribution in [0.4, 0.5) is 18.0 Å². The zero-order valence-electron chi connectivity index (χ0n) is 14.5. The Balaban J connectivity index is 2.01. The molecule has 1 aliphatic heterocycles. The van der Waals surface area contributed by atoms with Crippen LogP contribution >= 0.6 is 11.6 Å². The van der Waals surface area contributed by atoms with Crippen LogP contribution in [0, 0.1) is 5.41 Å². The summed E-state index contributed by atoms with van der Waals surface area (Å²) in [6.07, 6.45) is -5.61. The summed E-state index contributed by atoms with van der Waals surface area (Å²) in [6.45, 7) is 4.06. The van der Waals surface area contributed by atoms with E-state index in [9.17, 15) is 18.0 Å². The highest BCUT2D eigenvalue weighted by Gasteiger charge is 2.39. The van der Waals surface area contributed by atoms with Gasteiger partial charge in [0.2, 0.25) is 0 Å². The molecule has 1 unspecified atom stereocenters. The van der Waals surface area contributed by atoms with Crippen molar-refractivity contribution < 1.29 is 27.8 Å². The van der Waals surface area contributed by atoms with Crippen molar-refractivity contribution in [1.82, 2.24) is 5.32 Å². The predicted molar refractivity (Wildman–Crippen MR) is 95.1 cm³/mol. The van der Waals surface area contributed by atoms with E-state index in [1.165, 1.54) is 6.07 Å². The molecule has 0 radical (unpaired) electrons. The summed E-state index contributed by atoms with van der Waals surface area (Å²) in [7, 11) is 0. The Kier molecular flexibility index (Phi) is 4.76. The average Bonchev–Trinajstić information content (AvgIpc) is 2.56. The largest absolute Gasteiger partial charge is 0.493 e. The van der Waals surface area contributed by atoms with Gasteiger partial charge in [-0.2, -0.15) is 13.2 Å². The summed E-state index contributed by atoms with van der Waals surface area (Å²) in [5.41, 5.74) is 0.405. The molecule has 1 heterocycles. The highest BCUT2D eigenvalue weighted by molar-refractivity contribution is 6.33. The predicted octanol–water partition coefficient (Wildman–Crippen LogP) is 5.75. The summed E-state index contributed by atoms with van der Waals surface area (Å²) in [6, 6.07) is 7.75. The Morgan fingerprint density at radius 3 is 2.56 bits per heavy atom. The number of ether oxygens (including phenoxy) is 1. The van der Waals surface area contributed by atoms with Crippen LogP contribution in [0.5, 0.6) is 5.75 Å². The summed E-state index contributed by atoms with van der Waals surface area (Å²) in [5, 5.41) is 11.6. The minimum absolute atomic E-state index is 0.0267. The molecule has 27 heavy (non-hydrogen) atoms. The molecular weight excluding hydrogens is 383 g/mol. The SMILES string of the molecule is CC1(C)COc2cc(-c3ccc(C(F)(F)F)cc3Cl)ccc2C1NC(=O)O. The van der Waals surface area contributed by atoms with Gasteiger partial charge < -0.3 is 15.2 Å².